The van der Waals surface area contributed by atoms with Crippen LogP contribution in [0.5, 0.6) is 0 Å². The van der Waals surface area contributed by atoms with Gasteiger partial charge in [0.15, 0.2) is 11.6 Å². The second-order valence-corrected chi connectivity index (χ2v) is 9.02. The molecule has 2 aromatic rings. The van der Waals surface area contributed by atoms with Crippen molar-refractivity contribution in [2.24, 2.45) is 21.6 Å². The van der Waals surface area contributed by atoms with Crippen molar-refractivity contribution >= 4 is 29.0 Å². The molecule has 7 nitrogen and oxygen atoms in total. The highest BCUT2D eigenvalue weighted by Gasteiger charge is 2.57. The van der Waals surface area contributed by atoms with E-state index < -0.39 is 5.66 Å². The van der Waals surface area contributed by atoms with Crippen molar-refractivity contribution in [3.8, 4) is 0 Å². The Morgan fingerprint density at radius 1 is 1.16 bits per heavy atom. The van der Waals surface area contributed by atoms with Crippen LogP contribution in [0.25, 0.3) is 5.57 Å². The lowest BCUT2D eigenvalue weighted by Crippen LogP contribution is -2.54. The Morgan fingerprint density at radius 3 is 2.52 bits per heavy atom. The van der Waals surface area contributed by atoms with Gasteiger partial charge in [0.05, 0.1) is 12.1 Å². The first-order chi connectivity index (χ1) is 14.9. The molecular formula is C23H25ClN6O. The van der Waals surface area contributed by atoms with Crippen LogP contribution >= 0.6 is 11.6 Å². The van der Waals surface area contributed by atoms with Crippen molar-refractivity contribution in [1.82, 2.24) is 15.8 Å². The molecule has 2 atom stereocenters. The van der Waals surface area contributed by atoms with Crippen LogP contribution in [-0.2, 0) is 10.3 Å². The molecule has 1 saturated carbocycles. The Bertz CT molecular complexity index is 1090. The monoisotopic (exact) mass is 436 g/mol. The zero-order chi connectivity index (χ0) is 21.6. The third kappa shape index (κ3) is 3.47. The Hall–Kier alpha value is -2.90. The second-order valence-electron chi connectivity index (χ2n) is 8.63. The van der Waals surface area contributed by atoms with Crippen LogP contribution in [-0.4, -0.2) is 29.0 Å². The molecular weight excluding hydrogens is 412 g/mol. The lowest BCUT2D eigenvalue weighted by Gasteiger charge is -2.41. The van der Waals surface area contributed by atoms with Crippen molar-refractivity contribution in [3.05, 3.63) is 70.6 Å². The fourth-order valence-electron chi connectivity index (χ4n) is 4.45. The quantitative estimate of drug-likeness (QED) is 0.624. The van der Waals surface area contributed by atoms with Crippen LogP contribution in [0.3, 0.4) is 0 Å². The number of hydroxylamine groups is 1. The van der Waals surface area contributed by atoms with E-state index in [-0.39, 0.29) is 5.41 Å². The number of aromatic nitrogens is 1. The van der Waals surface area contributed by atoms with Gasteiger partial charge in [0.25, 0.3) is 0 Å². The van der Waals surface area contributed by atoms with Crippen LogP contribution in [0.2, 0.25) is 5.15 Å². The summed E-state index contributed by atoms with van der Waals surface area (Å²) in [5.41, 5.74) is 12.3. The van der Waals surface area contributed by atoms with E-state index in [4.69, 9.17) is 27.2 Å². The van der Waals surface area contributed by atoms with E-state index in [0.717, 1.165) is 16.7 Å². The highest BCUT2D eigenvalue weighted by Crippen LogP contribution is 2.54. The van der Waals surface area contributed by atoms with E-state index in [2.05, 4.69) is 58.9 Å². The molecule has 0 spiro atoms. The zero-order valence-corrected chi connectivity index (χ0v) is 18.3. The number of nitrogens with one attached hydrogen (secondary N) is 2. The molecule has 2 unspecified atom stereocenters. The standard InChI is InChI=1S/C23H25ClN6O/c1-22(18-8-9-18,17-6-3-14(4-7-17)16-12-27-21(25)28-13-16)23(2)29-20(31-30-23)15-5-10-19(24)26-11-15/h3-7,10-12,18,30H,8-9,13H2,1-2H3,(H3,25,27,28). The SMILES string of the molecule is CC1(C(C)(c2ccc(C3=CNC(N)=NC3)cc2)C2CC2)N=C(c2ccc(Cl)nc2)ON1. The number of rotatable bonds is 5. The molecule has 1 aliphatic carbocycles. The number of hydrogen-bond acceptors (Lipinski definition) is 7. The normalized spacial score (nSPS) is 24.9. The Kier molecular flexibility index (Phi) is 4.75. The minimum absolute atomic E-state index is 0.241. The molecule has 0 bridgehead atoms. The summed E-state index contributed by atoms with van der Waals surface area (Å²) < 4.78 is 0. The van der Waals surface area contributed by atoms with Gasteiger partial charge in [-0.05, 0) is 54.5 Å². The predicted molar refractivity (Wildman–Crippen MR) is 123 cm³/mol. The van der Waals surface area contributed by atoms with E-state index in [1.54, 1.807) is 12.3 Å². The first kappa shape index (κ1) is 20.0. The molecule has 8 heteroatoms. The number of aliphatic imine (C=N–C) groups is 2. The second kappa shape index (κ2) is 7.35. The lowest BCUT2D eigenvalue weighted by molar-refractivity contribution is 0.0644. The van der Waals surface area contributed by atoms with Gasteiger partial charge in [-0.1, -0.05) is 42.8 Å². The van der Waals surface area contributed by atoms with Crippen molar-refractivity contribution in [2.75, 3.05) is 6.54 Å². The minimum Gasteiger partial charge on any atom is -0.386 e. The highest BCUT2D eigenvalue weighted by molar-refractivity contribution is 6.29. The van der Waals surface area contributed by atoms with E-state index in [1.165, 1.54) is 18.4 Å². The van der Waals surface area contributed by atoms with Gasteiger partial charge in [0, 0.05) is 17.8 Å². The molecule has 1 aromatic heterocycles. The summed E-state index contributed by atoms with van der Waals surface area (Å²) in [5.74, 6) is 1.50. The third-order valence-electron chi connectivity index (χ3n) is 6.72. The molecule has 0 radical (unpaired) electrons. The average molecular weight is 437 g/mol. The third-order valence-corrected chi connectivity index (χ3v) is 6.94. The van der Waals surface area contributed by atoms with Gasteiger partial charge in [-0.15, -0.1) is 5.48 Å². The summed E-state index contributed by atoms with van der Waals surface area (Å²) in [7, 11) is 0. The van der Waals surface area contributed by atoms with Crippen molar-refractivity contribution < 1.29 is 4.84 Å². The number of hydrogen-bond donors (Lipinski definition) is 3. The first-order valence-electron chi connectivity index (χ1n) is 10.4. The van der Waals surface area contributed by atoms with Crippen LogP contribution in [0.1, 0.15) is 43.4 Å². The van der Waals surface area contributed by atoms with Crippen molar-refractivity contribution in [2.45, 2.75) is 37.8 Å². The molecule has 5 rings (SSSR count). The van der Waals surface area contributed by atoms with Gasteiger partial charge in [-0.3, -0.25) is 0 Å². The van der Waals surface area contributed by atoms with Crippen LogP contribution < -0.4 is 16.5 Å². The highest BCUT2D eigenvalue weighted by atomic mass is 35.5. The molecule has 160 valence electrons. The average Bonchev–Trinajstić information content (AvgIpc) is 3.56. The number of guanidine groups is 1. The summed E-state index contributed by atoms with van der Waals surface area (Å²) in [6.07, 6.45) is 5.94. The van der Waals surface area contributed by atoms with E-state index in [9.17, 15) is 0 Å². The Labute approximate surface area is 186 Å². The predicted octanol–water partition coefficient (Wildman–Crippen LogP) is 3.36. The fraction of sp³-hybridized carbons (Fsp3) is 0.348. The van der Waals surface area contributed by atoms with Crippen molar-refractivity contribution in [3.63, 3.8) is 0 Å². The van der Waals surface area contributed by atoms with Gasteiger partial charge in [0.2, 0.25) is 5.90 Å². The number of pyridine rings is 1. The van der Waals surface area contributed by atoms with Crippen LogP contribution in [0, 0.1) is 5.92 Å². The minimum atomic E-state index is -0.616. The number of benzene rings is 1. The maximum atomic E-state index is 5.92. The summed E-state index contributed by atoms with van der Waals surface area (Å²) in [6.45, 7) is 4.95. The number of halogens is 1. The van der Waals surface area contributed by atoms with Gasteiger partial charge < -0.3 is 15.9 Å². The summed E-state index contributed by atoms with van der Waals surface area (Å²) in [5, 5.41) is 3.43. The largest absolute Gasteiger partial charge is 0.386 e. The maximum Gasteiger partial charge on any atom is 0.244 e. The topological polar surface area (TPSA) is 96.9 Å². The molecule has 3 aliphatic rings. The van der Waals surface area contributed by atoms with Gasteiger partial charge in [-0.25, -0.2) is 15.0 Å². The van der Waals surface area contributed by atoms with E-state index >= 15 is 0 Å². The number of nitrogens with two attached hydrogens (primary N) is 1. The fourth-order valence-corrected chi connectivity index (χ4v) is 4.56. The Balaban J connectivity index is 1.46. The van der Waals surface area contributed by atoms with Gasteiger partial charge >= 0.3 is 0 Å². The summed E-state index contributed by atoms with van der Waals surface area (Å²) in [4.78, 5) is 19.3. The van der Waals surface area contributed by atoms with Gasteiger partial charge in [0.1, 0.15) is 5.15 Å². The molecule has 1 aromatic carbocycles. The summed E-state index contributed by atoms with van der Waals surface area (Å²) >= 11 is 5.92. The molecule has 4 N–H and O–H groups in total. The molecule has 0 amide bonds. The molecule has 1 fully saturated rings. The van der Waals surface area contributed by atoms with Gasteiger partial charge in [-0.2, -0.15) is 0 Å². The maximum absolute atomic E-state index is 5.92. The van der Waals surface area contributed by atoms with E-state index in [0.29, 0.717) is 29.5 Å². The van der Waals surface area contributed by atoms with Crippen LogP contribution in [0.15, 0.2) is 58.8 Å². The zero-order valence-electron chi connectivity index (χ0n) is 17.5. The smallest absolute Gasteiger partial charge is 0.244 e. The molecule has 31 heavy (non-hydrogen) atoms. The lowest BCUT2D eigenvalue weighted by atomic mass is 9.68. The molecule has 3 heterocycles. The van der Waals surface area contributed by atoms with Crippen LogP contribution in [0.4, 0.5) is 0 Å². The summed E-state index contributed by atoms with van der Waals surface area (Å²) in [6, 6.07) is 12.3. The first-order valence-corrected chi connectivity index (χ1v) is 10.8. The Morgan fingerprint density at radius 2 is 1.90 bits per heavy atom. The number of nitrogens with zero attached hydrogens (tertiary/aromatic N) is 3. The molecule has 2 aliphatic heterocycles. The van der Waals surface area contributed by atoms with Crippen molar-refractivity contribution in [1.29, 1.82) is 0 Å². The van der Waals surface area contributed by atoms with E-state index in [1.807, 2.05) is 12.3 Å². The molecule has 0 saturated heterocycles.